The molecule has 1 heterocycles. The third kappa shape index (κ3) is 6.92. The molecule has 0 spiro atoms. The third-order valence-corrected chi connectivity index (χ3v) is 4.78. The van der Waals surface area contributed by atoms with Gasteiger partial charge in [0.05, 0.1) is 13.0 Å². The molecule has 1 aromatic rings. The Morgan fingerprint density at radius 1 is 1.32 bits per heavy atom. The molecular weight excluding hydrogens is 378 g/mol. The minimum Gasteiger partial charge on any atom is -0.466 e. The SMILES string of the molecule is CCCCOC(=O)C[C@H]1C(=O)NCCN1C(=S)NC(=O)CCc1ccccc1. The van der Waals surface area contributed by atoms with Gasteiger partial charge in [-0.2, -0.15) is 0 Å². The predicted octanol–water partition coefficient (Wildman–Crippen LogP) is 1.55. The van der Waals surface area contributed by atoms with Crippen LogP contribution in [0.4, 0.5) is 0 Å². The summed E-state index contributed by atoms with van der Waals surface area (Å²) in [5.41, 5.74) is 1.06. The Labute approximate surface area is 170 Å². The van der Waals surface area contributed by atoms with Crippen LogP contribution in [0.25, 0.3) is 0 Å². The smallest absolute Gasteiger partial charge is 0.308 e. The van der Waals surface area contributed by atoms with Crippen molar-refractivity contribution in [1.82, 2.24) is 15.5 Å². The molecule has 1 atom stereocenters. The highest BCUT2D eigenvalue weighted by molar-refractivity contribution is 7.80. The second kappa shape index (κ2) is 11.4. The molecule has 152 valence electrons. The number of esters is 1. The van der Waals surface area contributed by atoms with E-state index in [4.69, 9.17) is 17.0 Å². The van der Waals surface area contributed by atoms with E-state index in [9.17, 15) is 14.4 Å². The van der Waals surface area contributed by atoms with Gasteiger partial charge < -0.3 is 20.3 Å². The maximum atomic E-state index is 12.2. The van der Waals surface area contributed by atoms with Gasteiger partial charge in [-0.05, 0) is 30.6 Å². The van der Waals surface area contributed by atoms with Crippen molar-refractivity contribution >= 4 is 35.1 Å². The number of hydrogen-bond donors (Lipinski definition) is 2. The number of amides is 2. The minimum atomic E-state index is -0.773. The number of ether oxygens (including phenoxy) is 1. The van der Waals surface area contributed by atoms with Crippen LogP contribution in [0.5, 0.6) is 0 Å². The van der Waals surface area contributed by atoms with E-state index < -0.39 is 12.0 Å². The zero-order chi connectivity index (χ0) is 20.4. The number of unbranched alkanes of at least 4 members (excludes halogenated alkanes) is 1. The summed E-state index contributed by atoms with van der Waals surface area (Å²) in [5.74, 6) is -0.956. The van der Waals surface area contributed by atoms with E-state index in [2.05, 4.69) is 10.6 Å². The number of carbonyl (C=O) groups excluding carboxylic acids is 3. The summed E-state index contributed by atoms with van der Waals surface area (Å²) in [6.07, 6.45) is 2.48. The molecule has 1 aliphatic heterocycles. The maximum absolute atomic E-state index is 12.2. The van der Waals surface area contributed by atoms with Gasteiger partial charge >= 0.3 is 5.97 Å². The topological polar surface area (TPSA) is 87.7 Å². The summed E-state index contributed by atoms with van der Waals surface area (Å²) in [4.78, 5) is 38.1. The standard InChI is InChI=1S/C20H27N3O4S/c1-2-3-13-27-18(25)14-16-19(26)21-11-12-23(16)20(28)22-17(24)10-9-15-7-5-4-6-8-15/h4-8,16H,2-3,9-14H2,1H3,(H,21,26)(H,22,24,28)/t16-/m0/s1. The first-order chi connectivity index (χ1) is 13.5. The number of nitrogens with zero attached hydrogens (tertiary/aromatic N) is 1. The van der Waals surface area contributed by atoms with Gasteiger partial charge in [0.2, 0.25) is 11.8 Å². The maximum Gasteiger partial charge on any atom is 0.308 e. The molecular formula is C20H27N3O4S. The molecule has 0 unspecified atom stereocenters. The number of carbonyl (C=O) groups is 3. The fraction of sp³-hybridized carbons (Fsp3) is 0.500. The Kier molecular flexibility index (Phi) is 8.87. The number of benzene rings is 1. The van der Waals surface area contributed by atoms with Crippen LogP contribution < -0.4 is 10.6 Å². The van der Waals surface area contributed by atoms with E-state index >= 15 is 0 Å². The van der Waals surface area contributed by atoms with Crippen molar-refractivity contribution in [2.75, 3.05) is 19.7 Å². The molecule has 0 bridgehead atoms. The average Bonchev–Trinajstić information content (AvgIpc) is 2.69. The zero-order valence-corrected chi connectivity index (χ0v) is 16.9. The quantitative estimate of drug-likeness (QED) is 0.388. The fourth-order valence-electron chi connectivity index (χ4n) is 2.86. The van der Waals surface area contributed by atoms with E-state index in [0.29, 0.717) is 26.1 Å². The number of aryl methyl sites for hydroxylation is 1. The molecule has 2 N–H and O–H groups in total. The van der Waals surface area contributed by atoms with Crippen LogP contribution in [0.2, 0.25) is 0 Å². The van der Waals surface area contributed by atoms with Crippen molar-refractivity contribution in [3.8, 4) is 0 Å². The van der Waals surface area contributed by atoms with Crippen molar-refractivity contribution < 1.29 is 19.1 Å². The lowest BCUT2D eigenvalue weighted by Gasteiger charge is -2.36. The van der Waals surface area contributed by atoms with E-state index in [0.717, 1.165) is 18.4 Å². The van der Waals surface area contributed by atoms with Crippen LogP contribution >= 0.6 is 12.2 Å². The molecule has 2 rings (SSSR count). The van der Waals surface area contributed by atoms with Gasteiger partial charge in [-0.25, -0.2) is 0 Å². The van der Waals surface area contributed by atoms with Crippen molar-refractivity contribution in [2.24, 2.45) is 0 Å². The van der Waals surface area contributed by atoms with Crippen LogP contribution in [0.15, 0.2) is 30.3 Å². The van der Waals surface area contributed by atoms with E-state index in [1.54, 1.807) is 4.90 Å². The Balaban J connectivity index is 1.88. The van der Waals surface area contributed by atoms with Gasteiger partial charge in [0.1, 0.15) is 6.04 Å². The van der Waals surface area contributed by atoms with Crippen molar-refractivity contribution in [2.45, 2.75) is 45.1 Å². The van der Waals surface area contributed by atoms with E-state index in [1.807, 2.05) is 37.3 Å². The normalized spacial score (nSPS) is 16.2. The number of nitrogens with one attached hydrogen (secondary N) is 2. The van der Waals surface area contributed by atoms with Crippen molar-refractivity contribution in [1.29, 1.82) is 0 Å². The fourth-order valence-corrected chi connectivity index (χ4v) is 3.20. The van der Waals surface area contributed by atoms with Crippen LogP contribution in [-0.2, 0) is 25.5 Å². The summed E-state index contributed by atoms with van der Waals surface area (Å²) >= 11 is 5.33. The summed E-state index contributed by atoms with van der Waals surface area (Å²) in [7, 11) is 0. The molecule has 7 nitrogen and oxygen atoms in total. The van der Waals surface area contributed by atoms with Gasteiger partial charge in [0.25, 0.3) is 0 Å². The molecule has 1 fully saturated rings. The zero-order valence-electron chi connectivity index (χ0n) is 16.1. The average molecular weight is 406 g/mol. The Morgan fingerprint density at radius 3 is 2.79 bits per heavy atom. The lowest BCUT2D eigenvalue weighted by Crippen LogP contribution is -2.60. The van der Waals surface area contributed by atoms with Crippen LogP contribution in [0.3, 0.4) is 0 Å². The molecule has 0 aromatic heterocycles. The Hall–Kier alpha value is -2.48. The van der Waals surface area contributed by atoms with Gasteiger partial charge in [0, 0.05) is 19.5 Å². The summed E-state index contributed by atoms with van der Waals surface area (Å²) in [5, 5.41) is 5.58. The predicted molar refractivity (Wildman–Crippen MR) is 109 cm³/mol. The van der Waals surface area contributed by atoms with Gasteiger partial charge in [-0.15, -0.1) is 0 Å². The van der Waals surface area contributed by atoms with Crippen molar-refractivity contribution in [3.63, 3.8) is 0 Å². The number of hydrogen-bond acceptors (Lipinski definition) is 5. The van der Waals surface area contributed by atoms with Crippen LogP contribution in [0, 0.1) is 0 Å². The van der Waals surface area contributed by atoms with Gasteiger partial charge in [-0.3, -0.25) is 14.4 Å². The highest BCUT2D eigenvalue weighted by atomic mass is 32.1. The lowest BCUT2D eigenvalue weighted by atomic mass is 10.1. The molecule has 2 amide bonds. The summed E-state index contributed by atoms with van der Waals surface area (Å²) in [6.45, 7) is 3.17. The Morgan fingerprint density at radius 2 is 2.07 bits per heavy atom. The molecule has 1 saturated heterocycles. The number of rotatable bonds is 8. The number of piperazine rings is 1. The molecule has 1 aliphatic rings. The number of thiocarbonyl (C=S) groups is 1. The minimum absolute atomic E-state index is 0.102. The summed E-state index contributed by atoms with van der Waals surface area (Å²) in [6, 6.07) is 8.92. The van der Waals surface area contributed by atoms with Gasteiger partial charge in [-0.1, -0.05) is 43.7 Å². The van der Waals surface area contributed by atoms with E-state index in [-0.39, 0.29) is 29.8 Å². The molecule has 0 saturated carbocycles. The van der Waals surface area contributed by atoms with E-state index in [1.165, 1.54) is 0 Å². The van der Waals surface area contributed by atoms with Crippen molar-refractivity contribution in [3.05, 3.63) is 35.9 Å². The Bertz CT molecular complexity index is 696. The summed E-state index contributed by atoms with van der Waals surface area (Å²) < 4.78 is 5.15. The van der Waals surface area contributed by atoms with Crippen LogP contribution in [0.1, 0.15) is 38.2 Å². The third-order valence-electron chi connectivity index (χ3n) is 4.44. The highest BCUT2D eigenvalue weighted by Crippen LogP contribution is 2.11. The molecule has 0 aliphatic carbocycles. The molecule has 1 aromatic carbocycles. The molecule has 28 heavy (non-hydrogen) atoms. The highest BCUT2D eigenvalue weighted by Gasteiger charge is 2.34. The molecule has 0 radical (unpaired) electrons. The first-order valence-corrected chi connectivity index (χ1v) is 9.99. The lowest BCUT2D eigenvalue weighted by molar-refractivity contribution is -0.147. The molecule has 8 heteroatoms. The van der Waals surface area contributed by atoms with Crippen LogP contribution in [-0.4, -0.2) is 53.5 Å². The second-order valence-corrected chi connectivity index (χ2v) is 7.00. The largest absolute Gasteiger partial charge is 0.466 e. The van der Waals surface area contributed by atoms with Gasteiger partial charge in [0.15, 0.2) is 5.11 Å². The second-order valence-electron chi connectivity index (χ2n) is 6.62. The first kappa shape index (κ1) is 21.8. The monoisotopic (exact) mass is 405 g/mol. The first-order valence-electron chi connectivity index (χ1n) is 9.59.